The van der Waals surface area contributed by atoms with Gasteiger partial charge in [-0.3, -0.25) is 9.89 Å². The molecule has 0 spiro atoms. The van der Waals surface area contributed by atoms with Crippen molar-refractivity contribution in [1.82, 2.24) is 15.2 Å². The summed E-state index contributed by atoms with van der Waals surface area (Å²) in [5.41, 5.74) is -2.11. The SMILES string of the molecule is O=C(Cc1nc(C2CC2)n[nH]1)Nc1cc(C(F)(F)F)c(F)cc1O. The molecular formula is C14H12F4N4O2. The van der Waals surface area contributed by atoms with Crippen molar-refractivity contribution >= 4 is 11.6 Å². The van der Waals surface area contributed by atoms with Crippen LogP contribution in [-0.4, -0.2) is 26.2 Å². The van der Waals surface area contributed by atoms with Gasteiger partial charge in [-0.15, -0.1) is 0 Å². The van der Waals surface area contributed by atoms with E-state index in [2.05, 4.69) is 20.5 Å². The molecule has 6 nitrogen and oxygen atoms in total. The highest BCUT2D eigenvalue weighted by Crippen LogP contribution is 2.38. The topological polar surface area (TPSA) is 90.9 Å². The lowest BCUT2D eigenvalue weighted by Gasteiger charge is -2.12. The number of aromatic amines is 1. The van der Waals surface area contributed by atoms with Gasteiger partial charge in [0.15, 0.2) is 5.82 Å². The van der Waals surface area contributed by atoms with Gasteiger partial charge in [0, 0.05) is 12.0 Å². The zero-order valence-electron chi connectivity index (χ0n) is 12.1. The van der Waals surface area contributed by atoms with Crippen LogP contribution in [0, 0.1) is 5.82 Å². The Bertz CT molecular complexity index is 784. The minimum Gasteiger partial charge on any atom is -0.506 e. The quantitative estimate of drug-likeness (QED) is 0.587. The van der Waals surface area contributed by atoms with Gasteiger partial charge in [-0.05, 0) is 18.9 Å². The Morgan fingerprint density at radius 2 is 2.08 bits per heavy atom. The van der Waals surface area contributed by atoms with E-state index in [0.29, 0.717) is 18.0 Å². The fraction of sp³-hybridized carbons (Fsp3) is 0.357. The number of hydrogen-bond acceptors (Lipinski definition) is 4. The molecule has 1 saturated carbocycles. The Labute approximate surface area is 132 Å². The molecule has 0 unspecified atom stereocenters. The lowest BCUT2D eigenvalue weighted by Crippen LogP contribution is -2.17. The van der Waals surface area contributed by atoms with E-state index in [4.69, 9.17) is 0 Å². The van der Waals surface area contributed by atoms with Gasteiger partial charge in [-0.1, -0.05) is 0 Å². The first kappa shape index (κ1) is 16.2. The number of nitrogens with one attached hydrogen (secondary N) is 2. The fourth-order valence-electron chi connectivity index (χ4n) is 2.14. The number of carbonyl (C=O) groups is 1. The Kier molecular flexibility index (Phi) is 3.90. The number of nitrogens with zero attached hydrogens (tertiary/aromatic N) is 2. The summed E-state index contributed by atoms with van der Waals surface area (Å²) in [5.74, 6) is -2.00. The second-order valence-corrected chi connectivity index (χ2v) is 5.49. The number of carbonyl (C=O) groups excluding carboxylic acids is 1. The molecule has 0 aliphatic heterocycles. The first-order valence-electron chi connectivity index (χ1n) is 7.05. The number of alkyl halides is 3. The predicted octanol–water partition coefficient (Wildman–Crippen LogP) is 2.73. The molecule has 0 bridgehead atoms. The van der Waals surface area contributed by atoms with Crippen LogP contribution in [0.25, 0.3) is 0 Å². The van der Waals surface area contributed by atoms with Gasteiger partial charge in [-0.2, -0.15) is 18.3 Å². The molecule has 128 valence electrons. The number of phenolic OH excluding ortho intramolecular Hbond substituents is 1. The van der Waals surface area contributed by atoms with Crippen LogP contribution < -0.4 is 5.32 Å². The molecule has 24 heavy (non-hydrogen) atoms. The standard InChI is InChI=1S/C14H12F4N4O2/c15-8-4-10(23)9(3-7(8)14(16,17)18)19-12(24)5-11-20-13(22-21-11)6-1-2-6/h3-4,6,23H,1-2,5H2,(H,19,24)(H,20,21,22). The van der Waals surface area contributed by atoms with Gasteiger partial charge >= 0.3 is 6.18 Å². The average molecular weight is 344 g/mol. The molecule has 3 rings (SSSR count). The van der Waals surface area contributed by atoms with E-state index in [0.717, 1.165) is 12.8 Å². The molecule has 0 radical (unpaired) electrons. The summed E-state index contributed by atoms with van der Waals surface area (Å²) < 4.78 is 51.3. The van der Waals surface area contributed by atoms with Gasteiger partial charge in [0.1, 0.15) is 17.4 Å². The minimum absolute atomic E-state index is 0.257. The Balaban J connectivity index is 1.73. The summed E-state index contributed by atoms with van der Waals surface area (Å²) in [6, 6.07) is 0.649. The van der Waals surface area contributed by atoms with E-state index >= 15 is 0 Å². The fourth-order valence-corrected chi connectivity index (χ4v) is 2.14. The number of anilines is 1. The highest BCUT2D eigenvalue weighted by molar-refractivity contribution is 5.93. The molecule has 1 amide bonds. The summed E-state index contributed by atoms with van der Waals surface area (Å²) in [4.78, 5) is 16.0. The lowest BCUT2D eigenvalue weighted by molar-refractivity contribution is -0.140. The largest absolute Gasteiger partial charge is 0.506 e. The van der Waals surface area contributed by atoms with E-state index in [9.17, 15) is 27.5 Å². The molecule has 1 fully saturated rings. The Morgan fingerprint density at radius 1 is 1.38 bits per heavy atom. The minimum atomic E-state index is -4.94. The number of benzene rings is 1. The van der Waals surface area contributed by atoms with Crippen LogP contribution in [0.1, 0.15) is 36.0 Å². The van der Waals surface area contributed by atoms with E-state index in [-0.39, 0.29) is 18.2 Å². The Hall–Kier alpha value is -2.65. The number of aromatic nitrogens is 3. The van der Waals surface area contributed by atoms with Crippen molar-refractivity contribution in [2.24, 2.45) is 0 Å². The number of amides is 1. The highest BCUT2D eigenvalue weighted by atomic mass is 19.4. The van der Waals surface area contributed by atoms with Crippen molar-refractivity contribution in [2.45, 2.75) is 31.4 Å². The third kappa shape index (κ3) is 3.47. The van der Waals surface area contributed by atoms with E-state index in [1.807, 2.05) is 0 Å². The van der Waals surface area contributed by atoms with E-state index in [1.54, 1.807) is 0 Å². The maximum Gasteiger partial charge on any atom is 0.419 e. The third-order valence-corrected chi connectivity index (χ3v) is 3.48. The van der Waals surface area contributed by atoms with Gasteiger partial charge in [-0.25, -0.2) is 9.37 Å². The molecule has 1 heterocycles. The van der Waals surface area contributed by atoms with Crippen molar-refractivity contribution in [2.75, 3.05) is 5.32 Å². The van der Waals surface area contributed by atoms with Crippen molar-refractivity contribution in [3.63, 3.8) is 0 Å². The molecule has 1 aliphatic rings. The monoisotopic (exact) mass is 344 g/mol. The lowest BCUT2D eigenvalue weighted by atomic mass is 10.1. The molecular weight excluding hydrogens is 332 g/mol. The van der Waals surface area contributed by atoms with Crippen molar-refractivity contribution in [1.29, 1.82) is 0 Å². The maximum absolute atomic E-state index is 13.3. The first-order valence-corrected chi connectivity index (χ1v) is 7.05. The summed E-state index contributed by atoms with van der Waals surface area (Å²) in [6.45, 7) is 0. The summed E-state index contributed by atoms with van der Waals surface area (Å²) in [6.07, 6.45) is -3.25. The zero-order chi connectivity index (χ0) is 17.5. The molecule has 1 aromatic heterocycles. The van der Waals surface area contributed by atoms with Crippen LogP contribution in [-0.2, 0) is 17.4 Å². The second-order valence-electron chi connectivity index (χ2n) is 5.49. The van der Waals surface area contributed by atoms with Crippen LogP contribution in [0.4, 0.5) is 23.2 Å². The molecule has 3 N–H and O–H groups in total. The molecule has 10 heteroatoms. The van der Waals surface area contributed by atoms with E-state index in [1.165, 1.54) is 0 Å². The van der Waals surface area contributed by atoms with Crippen molar-refractivity contribution < 1.29 is 27.5 Å². The zero-order valence-corrected chi connectivity index (χ0v) is 12.1. The smallest absolute Gasteiger partial charge is 0.419 e. The van der Waals surface area contributed by atoms with Gasteiger partial charge in [0.2, 0.25) is 5.91 Å². The molecule has 2 aromatic rings. The second kappa shape index (κ2) is 5.77. The molecule has 0 atom stereocenters. The van der Waals surface area contributed by atoms with Gasteiger partial charge in [0.05, 0.1) is 17.7 Å². The van der Waals surface area contributed by atoms with Crippen LogP contribution in [0.5, 0.6) is 5.75 Å². The van der Waals surface area contributed by atoms with Crippen LogP contribution in [0.3, 0.4) is 0 Å². The number of halogens is 4. The normalized spacial score (nSPS) is 14.7. The summed E-state index contributed by atoms with van der Waals surface area (Å²) in [7, 11) is 0. The van der Waals surface area contributed by atoms with Crippen molar-refractivity contribution in [3.8, 4) is 5.75 Å². The number of rotatable bonds is 4. The molecule has 1 aliphatic carbocycles. The van der Waals surface area contributed by atoms with Gasteiger partial charge in [0.25, 0.3) is 0 Å². The number of hydrogen-bond donors (Lipinski definition) is 3. The first-order chi connectivity index (χ1) is 11.2. The molecule has 1 aromatic carbocycles. The highest BCUT2D eigenvalue weighted by Gasteiger charge is 2.35. The molecule has 0 saturated heterocycles. The van der Waals surface area contributed by atoms with Crippen LogP contribution in [0.15, 0.2) is 12.1 Å². The predicted molar refractivity (Wildman–Crippen MR) is 73.8 cm³/mol. The summed E-state index contributed by atoms with van der Waals surface area (Å²) in [5, 5.41) is 18.2. The maximum atomic E-state index is 13.3. The van der Waals surface area contributed by atoms with Crippen molar-refractivity contribution in [3.05, 3.63) is 35.2 Å². The van der Waals surface area contributed by atoms with Crippen LogP contribution >= 0.6 is 0 Å². The Morgan fingerprint density at radius 3 is 2.71 bits per heavy atom. The van der Waals surface area contributed by atoms with Gasteiger partial charge < -0.3 is 10.4 Å². The number of aromatic hydroxyl groups is 1. The number of H-pyrrole nitrogens is 1. The van der Waals surface area contributed by atoms with Crippen LogP contribution in [0.2, 0.25) is 0 Å². The summed E-state index contributed by atoms with van der Waals surface area (Å²) >= 11 is 0. The van der Waals surface area contributed by atoms with E-state index < -0.39 is 34.9 Å². The third-order valence-electron chi connectivity index (χ3n) is 3.48. The average Bonchev–Trinajstić information content (AvgIpc) is 3.21. The number of phenols is 1.